The number of terminal acetylenes is 1. The smallest absolute Gasteiger partial charge is 0.251 e. The average molecular weight is 228 g/mol. The van der Waals surface area contributed by atoms with Crippen molar-refractivity contribution < 1.29 is 15.7 Å². The molecule has 0 atom stereocenters. The van der Waals surface area contributed by atoms with Gasteiger partial charge in [0.15, 0.2) is 0 Å². The minimum atomic E-state index is -0.500. The highest BCUT2D eigenvalue weighted by atomic mass is 32.1. The molecule has 13 heavy (non-hydrogen) atoms. The lowest BCUT2D eigenvalue weighted by Gasteiger charge is -1.67. The van der Waals surface area contributed by atoms with Gasteiger partial charge in [0.1, 0.15) is 0 Å². The summed E-state index contributed by atoms with van der Waals surface area (Å²) in [6.07, 6.45) is 4.60. The van der Waals surface area contributed by atoms with Gasteiger partial charge in [-0.25, -0.2) is 0 Å². The number of hydrogen-bond donors (Lipinski definition) is 4. The topological polar surface area (TPSA) is 124 Å². The van der Waals surface area contributed by atoms with Crippen LogP contribution in [-0.4, -0.2) is 26.0 Å². The molecule has 0 aromatic rings. The molecule has 0 saturated carbocycles. The molecule has 0 radical (unpaired) electrons. The van der Waals surface area contributed by atoms with E-state index < -0.39 is 10.3 Å². The Hall–Kier alpha value is -1.10. The second-order valence-corrected chi connectivity index (χ2v) is 1.80. The highest BCUT2D eigenvalue weighted by Gasteiger charge is 1.57. The Bertz CT molecular complexity index is 136. The van der Waals surface area contributed by atoms with E-state index in [1.165, 1.54) is 0 Å². The molecule has 0 aromatic carbocycles. The van der Waals surface area contributed by atoms with Gasteiger partial charge in [0.05, 0.1) is 0 Å². The van der Waals surface area contributed by atoms with E-state index >= 15 is 0 Å². The van der Waals surface area contributed by atoms with Crippen molar-refractivity contribution in [1.29, 1.82) is 0 Å². The number of aliphatic hydroxyl groups is 2. The molecule has 0 bridgehead atoms. The molecule has 0 aromatic heterocycles. The van der Waals surface area contributed by atoms with Crippen LogP contribution in [0, 0.1) is 12.3 Å². The molecule has 7 heteroatoms. The second-order valence-electron chi connectivity index (χ2n) is 0.965. The van der Waals surface area contributed by atoms with Crippen LogP contribution < -0.4 is 11.5 Å². The van der Waals surface area contributed by atoms with Crippen LogP contribution in [0.5, 0.6) is 0 Å². The first kappa shape index (κ1) is 29.7. The molecular formula is C6H16N2O3S2. The Morgan fingerprint density at radius 3 is 1.23 bits per heavy atom. The SMILES string of the molecule is C.C#CC.NC(O)=S.NC(O)=S.O. The van der Waals surface area contributed by atoms with E-state index in [0.29, 0.717) is 0 Å². The molecule has 0 aliphatic heterocycles. The maximum atomic E-state index is 7.56. The van der Waals surface area contributed by atoms with Gasteiger partial charge in [-0.15, -0.1) is 12.3 Å². The number of aliphatic hydroxyl groups excluding tert-OH is 2. The summed E-state index contributed by atoms with van der Waals surface area (Å²) in [5.41, 5.74) is 8.80. The maximum Gasteiger partial charge on any atom is 0.251 e. The first-order valence-corrected chi connectivity index (χ1v) is 3.04. The van der Waals surface area contributed by atoms with Gasteiger partial charge in [0.2, 0.25) is 0 Å². The van der Waals surface area contributed by atoms with Gasteiger partial charge in [-0.2, -0.15) is 0 Å². The van der Waals surface area contributed by atoms with E-state index in [-0.39, 0.29) is 12.9 Å². The predicted octanol–water partition coefficient (Wildman–Crippen LogP) is 0.0269. The van der Waals surface area contributed by atoms with Crippen molar-refractivity contribution in [1.82, 2.24) is 0 Å². The quantitative estimate of drug-likeness (QED) is 0.342. The van der Waals surface area contributed by atoms with Gasteiger partial charge in [-0.05, 0) is 31.4 Å². The van der Waals surface area contributed by atoms with Crippen molar-refractivity contribution >= 4 is 34.8 Å². The first-order chi connectivity index (χ1) is 4.88. The summed E-state index contributed by atoms with van der Waals surface area (Å²) in [6.45, 7) is 1.65. The first-order valence-electron chi connectivity index (χ1n) is 2.22. The molecule has 5 nitrogen and oxygen atoms in total. The molecule has 0 saturated heterocycles. The van der Waals surface area contributed by atoms with E-state index in [0.717, 1.165) is 0 Å². The number of nitrogens with two attached hydrogens (primary N) is 2. The minimum Gasteiger partial charge on any atom is -0.487 e. The standard InChI is InChI=1S/C3H4.2CH3NOS.CH4.H2O/c1-3-2;2*2-1(3)4;;/h1H,2H3;2*(H3,2,3,4);1H4;1H2. The monoisotopic (exact) mass is 228 g/mol. The molecular weight excluding hydrogens is 212 g/mol. The highest BCUT2D eigenvalue weighted by Crippen LogP contribution is 1.40. The molecule has 0 spiro atoms. The Morgan fingerprint density at radius 1 is 1.23 bits per heavy atom. The van der Waals surface area contributed by atoms with Gasteiger partial charge in [0, 0.05) is 0 Å². The zero-order valence-corrected chi connectivity index (χ0v) is 8.08. The molecule has 8 N–H and O–H groups in total. The van der Waals surface area contributed by atoms with E-state index in [2.05, 4.69) is 48.2 Å². The Labute approximate surface area is 89.0 Å². The van der Waals surface area contributed by atoms with E-state index in [4.69, 9.17) is 10.2 Å². The van der Waals surface area contributed by atoms with Crippen molar-refractivity contribution in [2.45, 2.75) is 14.4 Å². The third kappa shape index (κ3) is 714. The summed E-state index contributed by atoms with van der Waals surface area (Å²) < 4.78 is 0. The molecule has 0 amide bonds. The number of thiocarbonyl (C=S) groups is 2. The Morgan fingerprint density at radius 2 is 1.23 bits per heavy atom. The van der Waals surface area contributed by atoms with Gasteiger partial charge in [-0.1, -0.05) is 7.43 Å². The molecule has 0 unspecified atom stereocenters. The Kier molecular flexibility index (Phi) is 70.1. The van der Waals surface area contributed by atoms with Crippen molar-refractivity contribution in [2.75, 3.05) is 0 Å². The zero-order valence-electron chi connectivity index (χ0n) is 6.44. The summed E-state index contributed by atoms with van der Waals surface area (Å²) in [4.78, 5) is 0. The lowest BCUT2D eigenvalue weighted by Crippen LogP contribution is -2.03. The Balaban J connectivity index is -0.0000000231. The fraction of sp³-hybridized carbons (Fsp3) is 0.333. The summed E-state index contributed by atoms with van der Waals surface area (Å²) >= 11 is 7.74. The van der Waals surface area contributed by atoms with Gasteiger partial charge in [-0.3, -0.25) is 0 Å². The van der Waals surface area contributed by atoms with Crippen LogP contribution in [0.1, 0.15) is 14.4 Å². The lowest BCUT2D eigenvalue weighted by atomic mass is 10.9. The third-order valence-electron chi connectivity index (χ3n) is 0. The van der Waals surface area contributed by atoms with Crippen LogP contribution in [0.25, 0.3) is 0 Å². The minimum absolute atomic E-state index is 0. The summed E-state index contributed by atoms with van der Waals surface area (Å²) in [5.74, 6) is 2.25. The van der Waals surface area contributed by atoms with Crippen LogP contribution in [0.2, 0.25) is 0 Å². The van der Waals surface area contributed by atoms with E-state index in [1.54, 1.807) is 6.92 Å². The van der Waals surface area contributed by atoms with Crippen LogP contribution in [0.15, 0.2) is 0 Å². The van der Waals surface area contributed by atoms with E-state index in [1.807, 2.05) is 0 Å². The third-order valence-corrected chi connectivity index (χ3v) is 0. The number of hydrogen-bond acceptors (Lipinski definition) is 2. The summed E-state index contributed by atoms with van der Waals surface area (Å²) in [6, 6.07) is 0. The van der Waals surface area contributed by atoms with Crippen LogP contribution in [0.4, 0.5) is 0 Å². The molecule has 0 aliphatic carbocycles. The largest absolute Gasteiger partial charge is 0.487 e. The van der Waals surface area contributed by atoms with Crippen LogP contribution in [0.3, 0.4) is 0 Å². The normalized spacial score (nSPS) is 4.31. The van der Waals surface area contributed by atoms with Crippen molar-refractivity contribution in [3.8, 4) is 12.3 Å². The van der Waals surface area contributed by atoms with E-state index in [9.17, 15) is 0 Å². The zero-order chi connectivity index (χ0) is 9.86. The van der Waals surface area contributed by atoms with Crippen molar-refractivity contribution in [2.24, 2.45) is 11.5 Å². The maximum absolute atomic E-state index is 7.56. The van der Waals surface area contributed by atoms with Crippen LogP contribution in [-0.2, 0) is 0 Å². The summed E-state index contributed by atoms with van der Waals surface area (Å²) in [7, 11) is 0. The molecule has 0 aliphatic rings. The van der Waals surface area contributed by atoms with Crippen molar-refractivity contribution in [3.05, 3.63) is 0 Å². The fourth-order valence-corrected chi connectivity index (χ4v) is 0. The van der Waals surface area contributed by atoms with Crippen LogP contribution >= 0.6 is 24.4 Å². The lowest BCUT2D eigenvalue weighted by molar-refractivity contribution is 0.559. The van der Waals surface area contributed by atoms with Gasteiger partial charge < -0.3 is 27.2 Å². The summed E-state index contributed by atoms with van der Waals surface area (Å²) in [5, 5.41) is 14.1. The number of rotatable bonds is 0. The molecule has 0 fully saturated rings. The van der Waals surface area contributed by atoms with Gasteiger partial charge in [0.25, 0.3) is 10.3 Å². The predicted molar refractivity (Wildman–Crippen MR) is 63.7 cm³/mol. The average Bonchev–Trinajstić information content (AvgIpc) is 1.60. The molecule has 0 heterocycles. The fourth-order valence-electron chi connectivity index (χ4n) is 0. The highest BCUT2D eigenvalue weighted by molar-refractivity contribution is 7.80. The van der Waals surface area contributed by atoms with Gasteiger partial charge >= 0.3 is 0 Å². The molecule has 80 valence electrons. The molecule has 0 rings (SSSR count). The second kappa shape index (κ2) is 30.7. The van der Waals surface area contributed by atoms with Crippen molar-refractivity contribution in [3.63, 3.8) is 0 Å².